The molecule has 4 aromatic heterocycles. The summed E-state index contributed by atoms with van der Waals surface area (Å²) in [6, 6.07) is 12.2. The number of pyridine rings is 2. The first-order chi connectivity index (χ1) is 16.9. The molecule has 0 radical (unpaired) electrons. The third kappa shape index (κ3) is 4.46. The molecule has 0 saturated heterocycles. The maximum atomic E-state index is 11.0. The van der Waals surface area contributed by atoms with Crippen molar-refractivity contribution in [1.29, 1.82) is 0 Å². The zero-order chi connectivity index (χ0) is 24.5. The predicted octanol–water partition coefficient (Wildman–Crippen LogP) is 4.00. The third-order valence-electron chi connectivity index (χ3n) is 5.21. The molecule has 0 aliphatic heterocycles. The first-order valence-corrected chi connectivity index (χ1v) is 10.8. The van der Waals surface area contributed by atoms with E-state index in [2.05, 4.69) is 25.0 Å². The van der Waals surface area contributed by atoms with Crippen molar-refractivity contribution in [2.75, 3.05) is 5.73 Å². The Bertz CT molecular complexity index is 1570. The number of ether oxygens (including phenoxy) is 1. The second-order valence-electron chi connectivity index (χ2n) is 7.65. The molecule has 4 heterocycles. The number of carboxylic acids is 1. The first-order valence-electron chi connectivity index (χ1n) is 10.4. The highest BCUT2D eigenvalue weighted by atomic mass is 35.5. The number of halogens is 1. The Kier molecular flexibility index (Phi) is 5.71. The molecule has 0 saturated carbocycles. The summed E-state index contributed by atoms with van der Waals surface area (Å²) in [7, 11) is 1.80. The number of aromatic carboxylic acids is 1. The maximum Gasteiger partial charge on any atom is 0.337 e. The molecule has 5 aromatic rings. The Morgan fingerprint density at radius 3 is 2.71 bits per heavy atom. The number of nitrogens with two attached hydrogens (primary N) is 1. The Labute approximate surface area is 204 Å². The van der Waals surface area contributed by atoms with Gasteiger partial charge in [-0.1, -0.05) is 17.7 Å². The smallest absolute Gasteiger partial charge is 0.337 e. The van der Waals surface area contributed by atoms with Crippen LogP contribution < -0.4 is 10.5 Å². The van der Waals surface area contributed by atoms with Gasteiger partial charge in [-0.15, -0.1) is 0 Å². The van der Waals surface area contributed by atoms with Crippen molar-refractivity contribution >= 4 is 34.3 Å². The number of carboxylic acid groups (broad SMARTS) is 1. The Morgan fingerprint density at radius 1 is 1.14 bits per heavy atom. The van der Waals surface area contributed by atoms with E-state index < -0.39 is 5.97 Å². The minimum Gasteiger partial charge on any atom is -0.478 e. The standard InChI is InChI=1S/C24H18ClN7O3/c1-32-8-6-18(31-32)21-20(15-9-13-3-2-7-27-19(13)17(25)10-15)30-23(22(26)29-21)35-12-16-5-4-14(11-28-16)24(33)34/h2-11H,12H2,1H3,(H2,26,29)(H,33,34). The van der Waals surface area contributed by atoms with E-state index >= 15 is 0 Å². The van der Waals surface area contributed by atoms with Gasteiger partial charge in [-0.2, -0.15) is 5.10 Å². The molecule has 0 aliphatic carbocycles. The highest BCUT2D eigenvalue weighted by molar-refractivity contribution is 6.35. The molecule has 0 spiro atoms. The second kappa shape index (κ2) is 8.99. The van der Waals surface area contributed by atoms with E-state index in [-0.39, 0.29) is 23.9 Å². The Hall–Kier alpha value is -4.57. The van der Waals surface area contributed by atoms with E-state index in [9.17, 15) is 4.79 Å². The summed E-state index contributed by atoms with van der Waals surface area (Å²) < 4.78 is 7.48. The van der Waals surface area contributed by atoms with E-state index in [4.69, 9.17) is 27.2 Å². The summed E-state index contributed by atoms with van der Waals surface area (Å²) >= 11 is 6.53. The summed E-state index contributed by atoms with van der Waals surface area (Å²) in [5.74, 6) is -0.879. The van der Waals surface area contributed by atoms with Gasteiger partial charge in [0.05, 0.1) is 21.8 Å². The summed E-state index contributed by atoms with van der Waals surface area (Å²) in [6.45, 7) is 0.0174. The van der Waals surface area contributed by atoms with Crippen molar-refractivity contribution in [2.45, 2.75) is 6.61 Å². The van der Waals surface area contributed by atoms with Crippen LogP contribution in [0.4, 0.5) is 5.82 Å². The number of nitrogen functional groups attached to an aromatic ring is 1. The van der Waals surface area contributed by atoms with Gasteiger partial charge in [0.15, 0.2) is 5.82 Å². The van der Waals surface area contributed by atoms with Crippen molar-refractivity contribution < 1.29 is 14.6 Å². The van der Waals surface area contributed by atoms with E-state index in [1.807, 2.05) is 24.3 Å². The summed E-state index contributed by atoms with van der Waals surface area (Å²) in [4.78, 5) is 28.7. The maximum absolute atomic E-state index is 11.0. The van der Waals surface area contributed by atoms with Crippen LogP contribution in [0.1, 0.15) is 16.1 Å². The summed E-state index contributed by atoms with van der Waals surface area (Å²) in [5, 5.41) is 14.8. The van der Waals surface area contributed by atoms with Gasteiger partial charge in [-0.05, 0) is 36.4 Å². The molecule has 0 unspecified atom stereocenters. The zero-order valence-electron chi connectivity index (χ0n) is 18.4. The monoisotopic (exact) mass is 487 g/mol. The van der Waals surface area contributed by atoms with Crippen LogP contribution in [0, 0.1) is 0 Å². The van der Waals surface area contributed by atoms with Crippen molar-refractivity contribution in [3.63, 3.8) is 0 Å². The van der Waals surface area contributed by atoms with Crippen LogP contribution in [0.3, 0.4) is 0 Å². The average molecular weight is 488 g/mol. The zero-order valence-corrected chi connectivity index (χ0v) is 19.1. The fourth-order valence-electron chi connectivity index (χ4n) is 3.52. The van der Waals surface area contributed by atoms with Crippen LogP contribution in [0.15, 0.2) is 61.1 Å². The molecule has 3 N–H and O–H groups in total. The van der Waals surface area contributed by atoms with Gasteiger partial charge >= 0.3 is 5.97 Å². The number of hydrogen-bond acceptors (Lipinski definition) is 8. The molecule has 0 aliphatic rings. The lowest BCUT2D eigenvalue weighted by Crippen LogP contribution is -2.07. The second-order valence-corrected chi connectivity index (χ2v) is 8.06. The fraction of sp³-hybridized carbons (Fsp3) is 0.0833. The van der Waals surface area contributed by atoms with Crippen LogP contribution in [-0.4, -0.2) is 40.8 Å². The van der Waals surface area contributed by atoms with Gasteiger partial charge in [0.1, 0.15) is 23.7 Å². The van der Waals surface area contributed by atoms with Gasteiger partial charge in [-0.3, -0.25) is 14.6 Å². The molecule has 174 valence electrons. The highest BCUT2D eigenvalue weighted by Crippen LogP contribution is 2.36. The summed E-state index contributed by atoms with van der Waals surface area (Å²) in [6.07, 6.45) is 4.74. The Morgan fingerprint density at radius 2 is 2.00 bits per heavy atom. The van der Waals surface area contributed by atoms with Gasteiger partial charge in [0, 0.05) is 36.6 Å². The number of aryl methyl sites for hydroxylation is 1. The van der Waals surface area contributed by atoms with Gasteiger partial charge in [0.25, 0.3) is 5.88 Å². The van der Waals surface area contributed by atoms with Crippen molar-refractivity contribution in [3.8, 4) is 28.5 Å². The van der Waals surface area contributed by atoms with E-state index in [1.165, 1.54) is 12.3 Å². The quantitative estimate of drug-likeness (QED) is 0.363. The topological polar surface area (TPSA) is 142 Å². The molecule has 1 aromatic carbocycles. The minimum atomic E-state index is -1.06. The minimum absolute atomic E-state index is 0.0174. The SMILES string of the molecule is Cn1ccc(-c2nc(N)c(OCc3ccc(C(=O)O)cn3)nc2-c2cc(Cl)c3ncccc3c2)n1. The van der Waals surface area contributed by atoms with Gasteiger partial charge in [0.2, 0.25) is 0 Å². The lowest BCUT2D eigenvalue weighted by Gasteiger charge is -2.13. The normalized spacial score (nSPS) is 11.0. The largest absolute Gasteiger partial charge is 0.478 e. The Balaban J connectivity index is 1.57. The lowest BCUT2D eigenvalue weighted by atomic mass is 10.0. The number of rotatable bonds is 6. The number of anilines is 1. The number of aromatic nitrogens is 6. The number of fused-ring (bicyclic) bond motifs is 1. The van der Waals surface area contributed by atoms with Gasteiger partial charge in [-0.25, -0.2) is 14.8 Å². The van der Waals surface area contributed by atoms with E-state index in [0.29, 0.717) is 38.9 Å². The molecule has 35 heavy (non-hydrogen) atoms. The van der Waals surface area contributed by atoms with Gasteiger partial charge < -0.3 is 15.6 Å². The number of benzene rings is 1. The number of nitrogens with zero attached hydrogens (tertiary/aromatic N) is 6. The van der Waals surface area contributed by atoms with E-state index in [1.54, 1.807) is 36.3 Å². The number of carbonyl (C=O) groups is 1. The molecule has 0 fully saturated rings. The molecule has 10 nitrogen and oxygen atoms in total. The molecular formula is C24H18ClN7O3. The fourth-order valence-corrected chi connectivity index (χ4v) is 3.80. The van der Waals surface area contributed by atoms with Crippen molar-refractivity contribution in [2.24, 2.45) is 7.05 Å². The molecule has 0 amide bonds. The van der Waals surface area contributed by atoms with Crippen LogP contribution in [-0.2, 0) is 13.7 Å². The molecular weight excluding hydrogens is 470 g/mol. The van der Waals surface area contributed by atoms with Crippen LogP contribution in [0.5, 0.6) is 5.88 Å². The van der Waals surface area contributed by atoms with E-state index in [0.717, 1.165) is 5.39 Å². The first kappa shape index (κ1) is 22.2. The van der Waals surface area contributed by atoms with Crippen LogP contribution in [0.2, 0.25) is 5.02 Å². The lowest BCUT2D eigenvalue weighted by molar-refractivity contribution is 0.0696. The molecule has 11 heteroatoms. The number of hydrogen-bond donors (Lipinski definition) is 2. The van der Waals surface area contributed by atoms with Crippen LogP contribution in [0.25, 0.3) is 33.5 Å². The van der Waals surface area contributed by atoms with Crippen molar-refractivity contribution in [3.05, 3.63) is 77.3 Å². The third-order valence-corrected chi connectivity index (χ3v) is 5.49. The summed E-state index contributed by atoms with van der Waals surface area (Å²) in [5.41, 5.74) is 9.68. The predicted molar refractivity (Wildman–Crippen MR) is 130 cm³/mol. The molecule has 5 rings (SSSR count). The molecule has 0 bridgehead atoms. The molecule has 0 atom stereocenters. The van der Waals surface area contributed by atoms with Crippen LogP contribution >= 0.6 is 11.6 Å². The van der Waals surface area contributed by atoms with Crippen molar-refractivity contribution in [1.82, 2.24) is 29.7 Å². The highest BCUT2D eigenvalue weighted by Gasteiger charge is 2.20. The average Bonchev–Trinajstić information content (AvgIpc) is 3.29.